The molecule has 2 aromatic rings. The lowest BCUT2D eigenvalue weighted by atomic mass is 10.3. The van der Waals surface area contributed by atoms with Gasteiger partial charge in [0.2, 0.25) is 0 Å². The van der Waals surface area contributed by atoms with Crippen LogP contribution in [0, 0.1) is 0 Å². The van der Waals surface area contributed by atoms with E-state index in [1.54, 1.807) is 18.3 Å². The summed E-state index contributed by atoms with van der Waals surface area (Å²) in [6.45, 7) is 0. The van der Waals surface area contributed by atoms with Gasteiger partial charge in [-0.3, -0.25) is 20.2 Å². The zero-order valence-corrected chi connectivity index (χ0v) is 8.29. The maximum atomic E-state index is 11.2. The highest BCUT2D eigenvalue weighted by molar-refractivity contribution is 5.91. The zero-order chi connectivity index (χ0) is 11.4. The first-order chi connectivity index (χ1) is 7.81. The highest BCUT2D eigenvalue weighted by atomic mass is 16.2. The number of nitrogens with zero attached hydrogens (tertiary/aromatic N) is 3. The number of rotatable bonds is 2. The summed E-state index contributed by atoms with van der Waals surface area (Å²) in [5.41, 5.74) is 3.34. The molecule has 0 saturated heterocycles. The number of nitrogen functional groups attached to an aromatic ring is 1. The number of nitrogens with two attached hydrogens (primary N) is 1. The molecule has 6 nitrogen and oxygen atoms in total. The average Bonchev–Trinajstić information content (AvgIpc) is 2.39. The SMILES string of the molecule is NNC(=O)c1cncc(-c2ccccn2)n1. The molecule has 6 heteroatoms. The van der Waals surface area contributed by atoms with E-state index in [-0.39, 0.29) is 5.69 Å². The minimum absolute atomic E-state index is 0.158. The number of aromatic nitrogens is 3. The Morgan fingerprint density at radius 1 is 1.25 bits per heavy atom. The highest BCUT2D eigenvalue weighted by Crippen LogP contribution is 2.11. The Hall–Kier alpha value is -2.34. The molecular formula is C10H9N5O. The van der Waals surface area contributed by atoms with Gasteiger partial charge in [0.25, 0.3) is 5.91 Å². The molecule has 2 rings (SSSR count). The van der Waals surface area contributed by atoms with E-state index < -0.39 is 5.91 Å². The third-order valence-electron chi connectivity index (χ3n) is 1.93. The Morgan fingerprint density at radius 2 is 2.12 bits per heavy atom. The van der Waals surface area contributed by atoms with Crippen molar-refractivity contribution in [2.75, 3.05) is 0 Å². The molecule has 16 heavy (non-hydrogen) atoms. The molecule has 0 atom stereocenters. The Kier molecular flexibility index (Phi) is 2.84. The Morgan fingerprint density at radius 3 is 2.81 bits per heavy atom. The van der Waals surface area contributed by atoms with Gasteiger partial charge in [-0.1, -0.05) is 6.07 Å². The van der Waals surface area contributed by atoms with Crippen LogP contribution in [-0.2, 0) is 0 Å². The molecule has 80 valence electrons. The molecule has 2 aromatic heterocycles. The molecule has 0 aliphatic rings. The molecule has 0 aliphatic carbocycles. The minimum Gasteiger partial charge on any atom is -0.289 e. The van der Waals surface area contributed by atoms with Crippen molar-refractivity contribution in [1.82, 2.24) is 20.4 Å². The highest BCUT2D eigenvalue weighted by Gasteiger charge is 2.08. The van der Waals surface area contributed by atoms with E-state index in [1.165, 1.54) is 12.4 Å². The van der Waals surface area contributed by atoms with Crippen LogP contribution in [0.1, 0.15) is 10.5 Å². The van der Waals surface area contributed by atoms with Crippen molar-refractivity contribution >= 4 is 5.91 Å². The summed E-state index contributed by atoms with van der Waals surface area (Å²) in [5.74, 6) is 4.53. The number of amides is 1. The van der Waals surface area contributed by atoms with Crippen molar-refractivity contribution in [2.24, 2.45) is 5.84 Å². The topological polar surface area (TPSA) is 93.8 Å². The Balaban J connectivity index is 2.40. The molecule has 1 amide bonds. The van der Waals surface area contributed by atoms with Gasteiger partial charge < -0.3 is 0 Å². The predicted molar refractivity (Wildman–Crippen MR) is 56.9 cm³/mol. The van der Waals surface area contributed by atoms with E-state index >= 15 is 0 Å². The standard InChI is InChI=1S/C10H9N5O/c11-15-10(16)9-6-12-5-8(14-9)7-3-1-2-4-13-7/h1-6H,11H2,(H,15,16). The molecule has 0 fully saturated rings. The quantitative estimate of drug-likeness (QED) is 0.422. The molecule has 0 aliphatic heterocycles. The van der Waals surface area contributed by atoms with Crippen molar-refractivity contribution in [2.45, 2.75) is 0 Å². The molecule has 0 aromatic carbocycles. The molecular weight excluding hydrogens is 206 g/mol. The van der Waals surface area contributed by atoms with E-state index in [9.17, 15) is 4.79 Å². The van der Waals surface area contributed by atoms with Gasteiger partial charge in [-0.05, 0) is 12.1 Å². The summed E-state index contributed by atoms with van der Waals surface area (Å²) in [6.07, 6.45) is 4.52. The van der Waals surface area contributed by atoms with E-state index in [0.29, 0.717) is 11.4 Å². The van der Waals surface area contributed by atoms with Crippen LogP contribution in [0.3, 0.4) is 0 Å². The minimum atomic E-state index is -0.481. The first-order valence-corrected chi connectivity index (χ1v) is 4.55. The summed E-state index contributed by atoms with van der Waals surface area (Å²) in [6, 6.07) is 5.42. The summed E-state index contributed by atoms with van der Waals surface area (Å²) < 4.78 is 0. The average molecular weight is 215 g/mol. The summed E-state index contributed by atoms with van der Waals surface area (Å²) >= 11 is 0. The lowest BCUT2D eigenvalue weighted by Crippen LogP contribution is -2.30. The predicted octanol–water partition coefficient (Wildman–Crippen LogP) is 0.142. The number of carbonyl (C=O) groups excluding carboxylic acids is 1. The van der Waals surface area contributed by atoms with Crippen molar-refractivity contribution in [1.29, 1.82) is 0 Å². The van der Waals surface area contributed by atoms with Crippen LogP contribution < -0.4 is 11.3 Å². The number of hydrogen-bond donors (Lipinski definition) is 2. The number of carbonyl (C=O) groups is 1. The lowest BCUT2D eigenvalue weighted by Gasteiger charge is -2.01. The number of pyridine rings is 1. The molecule has 0 bridgehead atoms. The first-order valence-electron chi connectivity index (χ1n) is 4.55. The third-order valence-corrected chi connectivity index (χ3v) is 1.93. The van der Waals surface area contributed by atoms with Crippen molar-refractivity contribution in [3.8, 4) is 11.4 Å². The fourth-order valence-corrected chi connectivity index (χ4v) is 1.19. The van der Waals surface area contributed by atoms with Crippen LogP contribution in [0.4, 0.5) is 0 Å². The maximum Gasteiger partial charge on any atom is 0.285 e. The van der Waals surface area contributed by atoms with E-state index in [2.05, 4.69) is 15.0 Å². The summed E-state index contributed by atoms with van der Waals surface area (Å²) in [4.78, 5) is 23.4. The van der Waals surface area contributed by atoms with Gasteiger partial charge in [0.05, 0.1) is 18.1 Å². The van der Waals surface area contributed by atoms with Gasteiger partial charge in [0.15, 0.2) is 0 Å². The normalized spacial score (nSPS) is 9.81. The molecule has 2 heterocycles. The van der Waals surface area contributed by atoms with Crippen LogP contribution in [-0.4, -0.2) is 20.9 Å². The van der Waals surface area contributed by atoms with Gasteiger partial charge in [-0.25, -0.2) is 10.8 Å². The second-order valence-corrected chi connectivity index (χ2v) is 2.98. The largest absolute Gasteiger partial charge is 0.289 e. The van der Waals surface area contributed by atoms with E-state index in [1.807, 2.05) is 11.5 Å². The van der Waals surface area contributed by atoms with E-state index in [0.717, 1.165) is 0 Å². The van der Waals surface area contributed by atoms with Crippen molar-refractivity contribution in [3.05, 3.63) is 42.5 Å². The van der Waals surface area contributed by atoms with Gasteiger partial charge in [-0.2, -0.15) is 0 Å². The second kappa shape index (κ2) is 4.45. The molecule has 0 saturated carbocycles. The number of hydrazine groups is 1. The Bertz CT molecular complexity index is 500. The van der Waals surface area contributed by atoms with Gasteiger partial charge in [0, 0.05) is 6.20 Å². The smallest absolute Gasteiger partial charge is 0.285 e. The zero-order valence-electron chi connectivity index (χ0n) is 8.29. The fourth-order valence-electron chi connectivity index (χ4n) is 1.19. The van der Waals surface area contributed by atoms with Crippen molar-refractivity contribution in [3.63, 3.8) is 0 Å². The molecule has 3 N–H and O–H groups in total. The monoisotopic (exact) mass is 215 g/mol. The maximum absolute atomic E-state index is 11.2. The molecule has 0 unspecified atom stereocenters. The van der Waals surface area contributed by atoms with Crippen LogP contribution in [0.2, 0.25) is 0 Å². The summed E-state index contributed by atoms with van der Waals surface area (Å²) in [7, 11) is 0. The lowest BCUT2D eigenvalue weighted by molar-refractivity contribution is 0.0948. The van der Waals surface area contributed by atoms with Gasteiger partial charge in [0.1, 0.15) is 11.4 Å². The summed E-state index contributed by atoms with van der Waals surface area (Å²) in [5, 5.41) is 0. The van der Waals surface area contributed by atoms with Crippen LogP contribution in [0.25, 0.3) is 11.4 Å². The second-order valence-electron chi connectivity index (χ2n) is 2.98. The van der Waals surface area contributed by atoms with Gasteiger partial charge >= 0.3 is 0 Å². The van der Waals surface area contributed by atoms with Crippen LogP contribution in [0.15, 0.2) is 36.8 Å². The molecule has 0 spiro atoms. The number of nitrogens with one attached hydrogen (secondary N) is 1. The van der Waals surface area contributed by atoms with Gasteiger partial charge in [-0.15, -0.1) is 0 Å². The first kappa shape index (κ1) is 10.2. The third kappa shape index (κ3) is 2.01. The molecule has 0 radical (unpaired) electrons. The van der Waals surface area contributed by atoms with Crippen LogP contribution in [0.5, 0.6) is 0 Å². The number of hydrogen-bond acceptors (Lipinski definition) is 5. The van der Waals surface area contributed by atoms with Crippen LogP contribution >= 0.6 is 0 Å². The fraction of sp³-hybridized carbons (Fsp3) is 0. The van der Waals surface area contributed by atoms with Crippen molar-refractivity contribution < 1.29 is 4.79 Å². The Labute approximate surface area is 91.5 Å². The van der Waals surface area contributed by atoms with E-state index in [4.69, 9.17) is 5.84 Å².